The lowest BCUT2D eigenvalue weighted by atomic mass is 10.0. The van der Waals surface area contributed by atoms with E-state index >= 15 is 0 Å². The van der Waals surface area contributed by atoms with Crippen molar-refractivity contribution in [1.29, 1.82) is 0 Å². The monoisotopic (exact) mass is 244 g/mol. The molecule has 2 heterocycles. The first kappa shape index (κ1) is 11.4. The smallest absolute Gasteiger partial charge is 0.119 e. The van der Waals surface area contributed by atoms with E-state index in [1.165, 1.54) is 5.56 Å². The van der Waals surface area contributed by atoms with Crippen LogP contribution < -0.4 is 10.1 Å². The van der Waals surface area contributed by atoms with E-state index in [4.69, 9.17) is 9.47 Å². The maximum Gasteiger partial charge on any atom is 0.119 e. The summed E-state index contributed by atoms with van der Waals surface area (Å²) in [6, 6.07) is 7.96. The zero-order chi connectivity index (χ0) is 12.4. The second-order valence-electron chi connectivity index (χ2n) is 4.35. The number of morpholine rings is 1. The molecule has 2 aromatic rings. The summed E-state index contributed by atoms with van der Waals surface area (Å²) in [6.07, 6.45) is 1.93. The predicted octanol–water partition coefficient (Wildman–Crippen LogP) is 1.90. The van der Waals surface area contributed by atoms with Gasteiger partial charge in [0.05, 0.1) is 25.3 Å². The number of nitrogens with zero attached hydrogens (tertiary/aromatic N) is 1. The van der Waals surface area contributed by atoms with Crippen LogP contribution in [0.15, 0.2) is 30.5 Å². The Kier molecular flexibility index (Phi) is 3.13. The van der Waals surface area contributed by atoms with E-state index in [9.17, 15) is 0 Å². The van der Waals surface area contributed by atoms with Gasteiger partial charge < -0.3 is 14.8 Å². The van der Waals surface area contributed by atoms with Gasteiger partial charge in [-0.2, -0.15) is 0 Å². The van der Waals surface area contributed by atoms with Crippen molar-refractivity contribution in [3.05, 3.63) is 36.0 Å². The molecule has 0 aliphatic carbocycles. The second-order valence-corrected chi connectivity index (χ2v) is 4.35. The van der Waals surface area contributed by atoms with E-state index < -0.39 is 0 Å². The molecule has 1 aromatic carbocycles. The highest BCUT2D eigenvalue weighted by atomic mass is 16.5. The Balaban J connectivity index is 2.09. The molecule has 0 spiro atoms. The minimum atomic E-state index is 0.0938. The Morgan fingerprint density at radius 2 is 2.33 bits per heavy atom. The van der Waals surface area contributed by atoms with Gasteiger partial charge in [-0.3, -0.25) is 4.98 Å². The molecule has 18 heavy (non-hydrogen) atoms. The van der Waals surface area contributed by atoms with E-state index in [1.54, 1.807) is 7.11 Å². The van der Waals surface area contributed by atoms with Crippen LogP contribution >= 0.6 is 0 Å². The van der Waals surface area contributed by atoms with Crippen molar-refractivity contribution in [2.75, 3.05) is 26.8 Å². The summed E-state index contributed by atoms with van der Waals surface area (Å²) in [5, 5.41) is 4.45. The van der Waals surface area contributed by atoms with Crippen LogP contribution in [0.2, 0.25) is 0 Å². The van der Waals surface area contributed by atoms with E-state index in [-0.39, 0.29) is 6.10 Å². The number of aromatic nitrogens is 1. The average molecular weight is 244 g/mol. The van der Waals surface area contributed by atoms with Crippen molar-refractivity contribution in [2.24, 2.45) is 0 Å². The standard InChI is InChI=1S/C14H16N2O2/c1-17-10-2-3-13-12(8-10)11(4-5-16-13)14-9-15-6-7-18-14/h2-5,8,14-15H,6-7,9H2,1H3. The molecule has 94 valence electrons. The molecule has 1 N–H and O–H groups in total. The quantitative estimate of drug-likeness (QED) is 0.876. The van der Waals surface area contributed by atoms with Gasteiger partial charge in [0.1, 0.15) is 5.75 Å². The lowest BCUT2D eigenvalue weighted by molar-refractivity contribution is 0.0286. The van der Waals surface area contributed by atoms with Crippen LogP contribution in [0.3, 0.4) is 0 Å². The fraction of sp³-hybridized carbons (Fsp3) is 0.357. The number of benzene rings is 1. The molecular formula is C14H16N2O2. The third-order valence-electron chi connectivity index (χ3n) is 3.26. The van der Waals surface area contributed by atoms with Gasteiger partial charge in [0.15, 0.2) is 0 Å². The van der Waals surface area contributed by atoms with Crippen molar-refractivity contribution in [3.63, 3.8) is 0 Å². The molecule has 1 fully saturated rings. The Morgan fingerprint density at radius 3 is 3.11 bits per heavy atom. The molecule has 4 heteroatoms. The summed E-state index contributed by atoms with van der Waals surface area (Å²) in [6.45, 7) is 2.51. The Hall–Kier alpha value is -1.65. The zero-order valence-corrected chi connectivity index (χ0v) is 10.3. The Labute approximate surface area is 106 Å². The fourth-order valence-corrected chi connectivity index (χ4v) is 2.32. The van der Waals surface area contributed by atoms with Crippen molar-refractivity contribution in [1.82, 2.24) is 10.3 Å². The van der Waals surface area contributed by atoms with Crippen molar-refractivity contribution in [2.45, 2.75) is 6.10 Å². The van der Waals surface area contributed by atoms with Gasteiger partial charge in [-0.1, -0.05) is 0 Å². The van der Waals surface area contributed by atoms with E-state index in [0.717, 1.165) is 36.3 Å². The number of pyridine rings is 1. The van der Waals surface area contributed by atoms with Gasteiger partial charge in [0.2, 0.25) is 0 Å². The highest BCUT2D eigenvalue weighted by molar-refractivity contribution is 5.83. The Morgan fingerprint density at radius 1 is 1.39 bits per heavy atom. The summed E-state index contributed by atoms with van der Waals surface area (Å²) in [5.74, 6) is 0.848. The number of rotatable bonds is 2. The number of ether oxygens (including phenoxy) is 2. The molecule has 3 rings (SSSR count). The van der Waals surface area contributed by atoms with Crippen LogP contribution in [0.5, 0.6) is 5.75 Å². The number of hydrogen-bond acceptors (Lipinski definition) is 4. The van der Waals surface area contributed by atoms with Gasteiger partial charge >= 0.3 is 0 Å². The lowest BCUT2D eigenvalue weighted by Crippen LogP contribution is -2.33. The third-order valence-corrected chi connectivity index (χ3v) is 3.26. The van der Waals surface area contributed by atoms with Crippen LogP contribution in [0.25, 0.3) is 10.9 Å². The third kappa shape index (κ3) is 2.05. The molecule has 0 amide bonds. The molecule has 0 saturated carbocycles. The van der Waals surface area contributed by atoms with Crippen LogP contribution in [0.1, 0.15) is 11.7 Å². The maximum absolute atomic E-state index is 5.81. The molecule has 0 bridgehead atoms. The minimum absolute atomic E-state index is 0.0938. The first-order chi connectivity index (χ1) is 8.88. The number of hydrogen-bond donors (Lipinski definition) is 1. The maximum atomic E-state index is 5.81. The molecule has 1 aliphatic rings. The van der Waals surface area contributed by atoms with Gasteiger partial charge in [0.25, 0.3) is 0 Å². The van der Waals surface area contributed by atoms with Gasteiger partial charge in [-0.05, 0) is 29.8 Å². The summed E-state index contributed by atoms with van der Waals surface area (Å²) >= 11 is 0. The summed E-state index contributed by atoms with van der Waals surface area (Å²) in [5.41, 5.74) is 2.15. The number of methoxy groups -OCH3 is 1. The van der Waals surface area contributed by atoms with Gasteiger partial charge in [-0.25, -0.2) is 0 Å². The molecule has 1 atom stereocenters. The second kappa shape index (κ2) is 4.92. The molecule has 1 saturated heterocycles. The first-order valence-corrected chi connectivity index (χ1v) is 6.13. The first-order valence-electron chi connectivity index (χ1n) is 6.13. The summed E-state index contributed by atoms with van der Waals surface area (Å²) < 4.78 is 11.1. The van der Waals surface area contributed by atoms with Crippen LogP contribution in [-0.4, -0.2) is 31.8 Å². The van der Waals surface area contributed by atoms with Crippen molar-refractivity contribution in [3.8, 4) is 5.75 Å². The molecule has 1 aromatic heterocycles. The van der Waals surface area contributed by atoms with E-state index in [1.807, 2.05) is 30.5 Å². The largest absolute Gasteiger partial charge is 0.497 e. The SMILES string of the molecule is COc1ccc2nccc(C3CNCCO3)c2c1. The van der Waals surface area contributed by atoms with Crippen molar-refractivity contribution >= 4 is 10.9 Å². The minimum Gasteiger partial charge on any atom is -0.497 e. The Bertz CT molecular complexity index is 550. The van der Waals surface area contributed by atoms with Crippen LogP contribution in [0, 0.1) is 0 Å². The molecule has 4 nitrogen and oxygen atoms in total. The van der Waals surface area contributed by atoms with Gasteiger partial charge in [0, 0.05) is 24.7 Å². The lowest BCUT2D eigenvalue weighted by Gasteiger charge is -2.25. The van der Waals surface area contributed by atoms with Gasteiger partial charge in [-0.15, -0.1) is 0 Å². The number of fused-ring (bicyclic) bond motifs is 1. The van der Waals surface area contributed by atoms with Crippen molar-refractivity contribution < 1.29 is 9.47 Å². The molecule has 0 radical (unpaired) electrons. The molecule has 1 aliphatic heterocycles. The predicted molar refractivity (Wildman–Crippen MR) is 69.9 cm³/mol. The topological polar surface area (TPSA) is 43.4 Å². The normalized spacial score (nSPS) is 19.9. The fourth-order valence-electron chi connectivity index (χ4n) is 2.32. The number of nitrogens with one attached hydrogen (secondary N) is 1. The highest BCUT2D eigenvalue weighted by Crippen LogP contribution is 2.28. The van der Waals surface area contributed by atoms with Crippen LogP contribution in [0.4, 0.5) is 0 Å². The summed E-state index contributed by atoms with van der Waals surface area (Å²) in [4.78, 5) is 4.38. The van der Waals surface area contributed by atoms with E-state index in [2.05, 4.69) is 10.3 Å². The zero-order valence-electron chi connectivity index (χ0n) is 10.3. The average Bonchev–Trinajstić information content (AvgIpc) is 2.47. The van der Waals surface area contributed by atoms with E-state index in [0.29, 0.717) is 0 Å². The van der Waals surface area contributed by atoms with Crippen LogP contribution in [-0.2, 0) is 4.74 Å². The molecule has 1 unspecified atom stereocenters. The summed E-state index contributed by atoms with van der Waals surface area (Å²) in [7, 11) is 1.68. The molecular weight excluding hydrogens is 228 g/mol. The highest BCUT2D eigenvalue weighted by Gasteiger charge is 2.18.